The van der Waals surface area contributed by atoms with E-state index >= 15 is 0 Å². The van der Waals surface area contributed by atoms with Gasteiger partial charge < -0.3 is 10.4 Å². The summed E-state index contributed by atoms with van der Waals surface area (Å²) in [5.74, 6) is -0.550. The topological polar surface area (TPSA) is 66.4 Å². The summed E-state index contributed by atoms with van der Waals surface area (Å²) in [6.45, 7) is 0. The minimum atomic E-state index is -1.50. The van der Waals surface area contributed by atoms with Gasteiger partial charge in [-0.15, -0.1) is 0 Å². The highest BCUT2D eigenvalue weighted by Crippen LogP contribution is 2.10. The molecule has 1 rings (SSSR count). The third kappa shape index (κ3) is 3.86. The molecule has 0 bridgehead atoms. The second-order valence-corrected chi connectivity index (χ2v) is 4.35. The third-order valence-corrected chi connectivity index (χ3v) is 2.90. The second-order valence-electron chi connectivity index (χ2n) is 3.07. The van der Waals surface area contributed by atoms with E-state index in [-0.39, 0.29) is 17.4 Å². The van der Waals surface area contributed by atoms with Gasteiger partial charge in [0.1, 0.15) is 11.5 Å². The molecule has 1 atom stereocenters. The lowest BCUT2D eigenvalue weighted by atomic mass is 10.2. The summed E-state index contributed by atoms with van der Waals surface area (Å²) in [5.41, 5.74) is 0.577. The predicted molar refractivity (Wildman–Crippen MR) is 64.1 cm³/mol. The molecule has 0 fully saturated rings. The largest absolute Gasteiger partial charge is 0.507 e. The zero-order chi connectivity index (χ0) is 12.0. The molecule has 5 heteroatoms. The number of benzene rings is 1. The van der Waals surface area contributed by atoms with E-state index in [0.717, 1.165) is 0 Å². The number of carbonyl (C=O) groups is 1. The SMILES string of the molecule is CNC(=O)CS(=O)/C=C(\O)c1ccccc1. The van der Waals surface area contributed by atoms with Gasteiger partial charge in [-0.25, -0.2) is 0 Å². The van der Waals surface area contributed by atoms with Gasteiger partial charge in [-0.3, -0.25) is 9.00 Å². The van der Waals surface area contributed by atoms with Crippen molar-refractivity contribution in [3.63, 3.8) is 0 Å². The monoisotopic (exact) mass is 239 g/mol. The molecule has 0 saturated heterocycles. The minimum Gasteiger partial charge on any atom is -0.507 e. The van der Waals surface area contributed by atoms with E-state index in [4.69, 9.17) is 0 Å². The molecule has 0 aliphatic carbocycles. The summed E-state index contributed by atoms with van der Waals surface area (Å²) >= 11 is 0. The van der Waals surface area contributed by atoms with Crippen molar-refractivity contribution in [1.82, 2.24) is 5.32 Å². The van der Waals surface area contributed by atoms with Crippen LogP contribution in [0.1, 0.15) is 5.56 Å². The van der Waals surface area contributed by atoms with E-state index < -0.39 is 10.8 Å². The Bertz CT molecular complexity index is 414. The van der Waals surface area contributed by atoms with E-state index in [9.17, 15) is 14.1 Å². The van der Waals surface area contributed by atoms with E-state index in [0.29, 0.717) is 5.56 Å². The first-order valence-electron chi connectivity index (χ1n) is 4.67. The Morgan fingerprint density at radius 3 is 2.62 bits per heavy atom. The van der Waals surface area contributed by atoms with Crippen molar-refractivity contribution in [3.05, 3.63) is 41.3 Å². The Morgan fingerprint density at radius 2 is 2.06 bits per heavy atom. The molecule has 1 amide bonds. The van der Waals surface area contributed by atoms with E-state index in [1.54, 1.807) is 24.3 Å². The normalized spacial score (nSPS) is 13.2. The molecular weight excluding hydrogens is 226 g/mol. The van der Waals surface area contributed by atoms with Gasteiger partial charge >= 0.3 is 0 Å². The minimum absolute atomic E-state index is 0.0807. The van der Waals surface area contributed by atoms with Gasteiger partial charge in [0.25, 0.3) is 0 Å². The van der Waals surface area contributed by atoms with Gasteiger partial charge in [0, 0.05) is 18.0 Å². The summed E-state index contributed by atoms with van der Waals surface area (Å²) in [6.07, 6.45) is 0. The van der Waals surface area contributed by atoms with Crippen LogP contribution < -0.4 is 5.32 Å². The molecule has 1 aromatic carbocycles. The van der Waals surface area contributed by atoms with Crippen molar-refractivity contribution >= 4 is 22.5 Å². The highest BCUT2D eigenvalue weighted by Gasteiger charge is 2.05. The molecule has 1 unspecified atom stereocenters. The fourth-order valence-electron chi connectivity index (χ4n) is 1.04. The summed E-state index contributed by atoms with van der Waals surface area (Å²) < 4.78 is 11.4. The fraction of sp³-hybridized carbons (Fsp3) is 0.182. The summed E-state index contributed by atoms with van der Waals surface area (Å²) in [5, 5.41) is 13.2. The maximum atomic E-state index is 11.4. The van der Waals surface area contributed by atoms with Crippen molar-refractivity contribution < 1.29 is 14.1 Å². The van der Waals surface area contributed by atoms with Crippen LogP contribution in [0.25, 0.3) is 5.76 Å². The molecule has 0 aliphatic heterocycles. The molecular formula is C11H13NO3S. The van der Waals surface area contributed by atoms with E-state index in [2.05, 4.69) is 5.32 Å². The Kier molecular flexibility index (Phi) is 4.72. The number of aliphatic hydroxyl groups is 1. The number of nitrogens with one attached hydrogen (secondary N) is 1. The van der Waals surface area contributed by atoms with Crippen LogP contribution >= 0.6 is 0 Å². The molecule has 16 heavy (non-hydrogen) atoms. The number of amides is 1. The smallest absolute Gasteiger partial charge is 0.232 e. The lowest BCUT2D eigenvalue weighted by molar-refractivity contribution is -0.118. The highest BCUT2D eigenvalue weighted by molar-refractivity contribution is 7.88. The Labute approximate surface area is 96.4 Å². The van der Waals surface area contributed by atoms with Crippen LogP contribution in [-0.4, -0.2) is 28.0 Å². The van der Waals surface area contributed by atoms with Crippen molar-refractivity contribution in [2.45, 2.75) is 0 Å². The van der Waals surface area contributed by atoms with Crippen LogP contribution in [-0.2, 0) is 15.6 Å². The molecule has 86 valence electrons. The van der Waals surface area contributed by atoms with Gasteiger partial charge in [-0.2, -0.15) is 0 Å². The van der Waals surface area contributed by atoms with Crippen LogP contribution in [0.4, 0.5) is 0 Å². The Morgan fingerprint density at radius 1 is 1.44 bits per heavy atom. The van der Waals surface area contributed by atoms with Gasteiger partial charge in [0.2, 0.25) is 5.91 Å². The second kappa shape index (κ2) is 6.07. The average molecular weight is 239 g/mol. The first-order valence-corrected chi connectivity index (χ1v) is 6.05. The number of rotatable bonds is 4. The number of aliphatic hydroxyl groups excluding tert-OH is 1. The average Bonchev–Trinajstić information content (AvgIpc) is 2.29. The zero-order valence-electron chi connectivity index (χ0n) is 8.84. The lowest BCUT2D eigenvalue weighted by Crippen LogP contribution is -2.23. The predicted octanol–water partition coefficient (Wildman–Crippen LogP) is 1.04. The maximum Gasteiger partial charge on any atom is 0.232 e. The fourth-order valence-corrected chi connectivity index (χ4v) is 1.92. The van der Waals surface area contributed by atoms with Crippen LogP contribution in [0.5, 0.6) is 0 Å². The Balaban J connectivity index is 2.70. The summed E-state index contributed by atoms with van der Waals surface area (Å²) in [7, 11) is -0.0321. The van der Waals surface area contributed by atoms with Crippen molar-refractivity contribution in [2.24, 2.45) is 0 Å². The zero-order valence-corrected chi connectivity index (χ0v) is 9.66. The van der Waals surface area contributed by atoms with Gasteiger partial charge in [0.15, 0.2) is 0 Å². The van der Waals surface area contributed by atoms with Crippen molar-refractivity contribution in [2.75, 3.05) is 12.8 Å². The van der Waals surface area contributed by atoms with Crippen LogP contribution in [0.3, 0.4) is 0 Å². The standard InChI is InChI=1S/C11H13NO3S/c1-12-11(14)8-16(15)7-10(13)9-5-3-2-4-6-9/h2-7,13H,8H2,1H3,(H,12,14)/b10-7-. The van der Waals surface area contributed by atoms with E-state index in [1.807, 2.05) is 6.07 Å². The van der Waals surface area contributed by atoms with Crippen LogP contribution in [0.15, 0.2) is 35.7 Å². The number of hydrogen-bond acceptors (Lipinski definition) is 3. The third-order valence-electron chi connectivity index (χ3n) is 1.86. The van der Waals surface area contributed by atoms with E-state index in [1.165, 1.54) is 12.5 Å². The molecule has 1 aromatic rings. The first-order chi connectivity index (χ1) is 7.63. The van der Waals surface area contributed by atoms with Gasteiger partial charge in [-0.1, -0.05) is 30.3 Å². The maximum absolute atomic E-state index is 11.4. The molecule has 0 spiro atoms. The summed E-state index contributed by atoms with van der Waals surface area (Å²) in [6, 6.07) is 8.74. The molecule has 0 aromatic heterocycles. The number of hydrogen-bond donors (Lipinski definition) is 2. The number of carbonyl (C=O) groups excluding carboxylic acids is 1. The summed E-state index contributed by atoms with van der Waals surface area (Å²) in [4.78, 5) is 10.9. The van der Waals surface area contributed by atoms with Crippen molar-refractivity contribution in [1.29, 1.82) is 0 Å². The van der Waals surface area contributed by atoms with Gasteiger partial charge in [-0.05, 0) is 0 Å². The molecule has 0 saturated carbocycles. The van der Waals surface area contributed by atoms with Crippen LogP contribution in [0, 0.1) is 0 Å². The van der Waals surface area contributed by atoms with Crippen molar-refractivity contribution in [3.8, 4) is 0 Å². The molecule has 4 nitrogen and oxygen atoms in total. The molecule has 2 N–H and O–H groups in total. The first kappa shape index (κ1) is 12.4. The lowest BCUT2D eigenvalue weighted by Gasteiger charge is -2.00. The highest BCUT2D eigenvalue weighted by atomic mass is 32.2. The molecule has 0 heterocycles. The quantitative estimate of drug-likeness (QED) is 0.771. The van der Waals surface area contributed by atoms with Crippen LogP contribution in [0.2, 0.25) is 0 Å². The molecule has 0 radical (unpaired) electrons. The molecule has 0 aliphatic rings. The van der Waals surface area contributed by atoms with Gasteiger partial charge in [0.05, 0.1) is 10.8 Å². The Hall–Kier alpha value is -1.62.